The molecule has 22 heavy (non-hydrogen) atoms. The van der Waals surface area contributed by atoms with Gasteiger partial charge < -0.3 is 10.1 Å². The minimum atomic E-state index is -3.71. The van der Waals surface area contributed by atoms with Crippen LogP contribution in [0.25, 0.3) is 0 Å². The van der Waals surface area contributed by atoms with Gasteiger partial charge in [-0.2, -0.15) is 4.31 Å². The lowest BCUT2D eigenvalue weighted by atomic mass is 10.1. The molecule has 0 aromatic carbocycles. The maximum atomic E-state index is 12.3. The summed E-state index contributed by atoms with van der Waals surface area (Å²) in [7, 11) is -2.34. The Hall–Kier alpha value is -1.51. The van der Waals surface area contributed by atoms with Crippen molar-refractivity contribution in [1.82, 2.24) is 14.6 Å². The van der Waals surface area contributed by atoms with Gasteiger partial charge in [-0.25, -0.2) is 8.42 Å². The quantitative estimate of drug-likeness (QED) is 0.816. The van der Waals surface area contributed by atoms with E-state index in [0.717, 1.165) is 17.1 Å². The fourth-order valence-electron chi connectivity index (χ4n) is 2.36. The zero-order chi connectivity index (χ0) is 16.2. The van der Waals surface area contributed by atoms with E-state index in [2.05, 4.69) is 10.3 Å². The number of carbonyl (C=O) groups is 1. The summed E-state index contributed by atoms with van der Waals surface area (Å²) in [6.07, 6.45) is 4.66. The molecule has 2 heterocycles. The van der Waals surface area contributed by atoms with Crippen LogP contribution in [0.5, 0.6) is 0 Å². The molecule has 122 valence electrons. The molecule has 1 fully saturated rings. The topological polar surface area (TPSA) is 88.6 Å². The number of pyridine rings is 1. The standard InChI is InChI=1S/C14H21N3O4S/c1-11(13-6-4-8-21-13)16-14(18)10-17(2)22(19,20)12-5-3-7-15-9-12/h3,5,7,9,11,13H,4,6,8,10H2,1-2H3,(H,16,18). The summed E-state index contributed by atoms with van der Waals surface area (Å²) in [6.45, 7) is 2.33. The van der Waals surface area contributed by atoms with Gasteiger partial charge in [-0.15, -0.1) is 0 Å². The van der Waals surface area contributed by atoms with E-state index >= 15 is 0 Å². The number of nitrogens with one attached hydrogen (secondary N) is 1. The van der Waals surface area contributed by atoms with Gasteiger partial charge in [0.15, 0.2) is 0 Å². The largest absolute Gasteiger partial charge is 0.376 e. The molecule has 7 nitrogen and oxygen atoms in total. The maximum absolute atomic E-state index is 12.3. The van der Waals surface area contributed by atoms with Crippen LogP contribution >= 0.6 is 0 Å². The predicted octanol–water partition coefficient (Wildman–Crippen LogP) is 0.386. The van der Waals surface area contributed by atoms with Crippen LogP contribution in [0.3, 0.4) is 0 Å². The summed E-state index contributed by atoms with van der Waals surface area (Å²) >= 11 is 0. The Bertz CT molecular complexity index is 600. The molecule has 2 unspecified atom stereocenters. The molecule has 0 aliphatic carbocycles. The van der Waals surface area contributed by atoms with Crippen LogP contribution in [0.2, 0.25) is 0 Å². The van der Waals surface area contributed by atoms with Crippen LogP contribution in [0.4, 0.5) is 0 Å². The van der Waals surface area contributed by atoms with Gasteiger partial charge in [0.05, 0.1) is 18.7 Å². The van der Waals surface area contributed by atoms with Gasteiger partial charge in [-0.1, -0.05) is 0 Å². The van der Waals surface area contributed by atoms with Crippen LogP contribution in [0.15, 0.2) is 29.4 Å². The maximum Gasteiger partial charge on any atom is 0.244 e. The van der Waals surface area contributed by atoms with Gasteiger partial charge in [-0.05, 0) is 31.9 Å². The number of hydrogen-bond donors (Lipinski definition) is 1. The van der Waals surface area contributed by atoms with Crippen molar-refractivity contribution >= 4 is 15.9 Å². The average Bonchev–Trinajstić information content (AvgIpc) is 3.02. The summed E-state index contributed by atoms with van der Waals surface area (Å²) in [6, 6.07) is 2.86. The van der Waals surface area contributed by atoms with Gasteiger partial charge in [-0.3, -0.25) is 9.78 Å². The molecule has 1 saturated heterocycles. The van der Waals surface area contributed by atoms with Crippen LogP contribution in [-0.4, -0.2) is 56.0 Å². The number of ether oxygens (including phenoxy) is 1. The number of nitrogens with zero attached hydrogens (tertiary/aromatic N) is 2. The third-order valence-electron chi connectivity index (χ3n) is 3.62. The third-order valence-corrected chi connectivity index (χ3v) is 5.41. The van der Waals surface area contributed by atoms with Crippen molar-refractivity contribution in [2.24, 2.45) is 0 Å². The Morgan fingerprint density at radius 2 is 2.36 bits per heavy atom. The van der Waals surface area contributed by atoms with Crippen LogP contribution in [0.1, 0.15) is 19.8 Å². The molecule has 1 aliphatic rings. The van der Waals surface area contributed by atoms with Crippen LogP contribution in [-0.2, 0) is 19.6 Å². The SMILES string of the molecule is CC(NC(=O)CN(C)S(=O)(=O)c1cccnc1)C1CCCO1. The second-order valence-electron chi connectivity index (χ2n) is 5.36. The number of likely N-dealkylation sites (N-methyl/N-ethyl adjacent to an activating group) is 1. The summed E-state index contributed by atoms with van der Waals surface area (Å²) in [5.74, 6) is -0.349. The first-order valence-electron chi connectivity index (χ1n) is 7.18. The van der Waals surface area contributed by atoms with E-state index < -0.39 is 10.0 Å². The van der Waals surface area contributed by atoms with Gasteiger partial charge in [0.2, 0.25) is 15.9 Å². The summed E-state index contributed by atoms with van der Waals surface area (Å²) in [5.41, 5.74) is 0. The predicted molar refractivity (Wildman–Crippen MR) is 80.6 cm³/mol. The highest BCUT2D eigenvalue weighted by Gasteiger charge is 2.26. The molecule has 0 radical (unpaired) electrons. The van der Waals surface area contributed by atoms with E-state index in [9.17, 15) is 13.2 Å². The fraction of sp³-hybridized carbons (Fsp3) is 0.571. The summed E-state index contributed by atoms with van der Waals surface area (Å²) < 4.78 is 31.1. The van der Waals surface area contributed by atoms with E-state index in [1.807, 2.05) is 6.92 Å². The van der Waals surface area contributed by atoms with Crippen molar-refractivity contribution in [3.8, 4) is 0 Å². The molecule has 1 amide bonds. The molecule has 2 rings (SSSR count). The van der Waals surface area contributed by atoms with Crippen LogP contribution < -0.4 is 5.32 Å². The second kappa shape index (κ2) is 7.17. The number of aromatic nitrogens is 1. The Kier molecular flexibility index (Phi) is 5.49. The lowest BCUT2D eigenvalue weighted by Gasteiger charge is -2.22. The Morgan fingerprint density at radius 3 is 2.95 bits per heavy atom. The molecule has 1 aromatic heterocycles. The van der Waals surface area contributed by atoms with E-state index in [-0.39, 0.29) is 29.5 Å². The number of hydrogen-bond acceptors (Lipinski definition) is 5. The minimum Gasteiger partial charge on any atom is -0.376 e. The van der Waals surface area contributed by atoms with Crippen molar-refractivity contribution in [3.63, 3.8) is 0 Å². The number of amides is 1. The van der Waals surface area contributed by atoms with Crippen LogP contribution in [0, 0.1) is 0 Å². The highest BCUT2D eigenvalue weighted by atomic mass is 32.2. The monoisotopic (exact) mass is 327 g/mol. The summed E-state index contributed by atoms with van der Waals surface area (Å²) in [4.78, 5) is 15.9. The van der Waals surface area contributed by atoms with Crippen molar-refractivity contribution in [1.29, 1.82) is 0 Å². The van der Waals surface area contributed by atoms with E-state index in [0.29, 0.717) is 6.61 Å². The molecule has 8 heteroatoms. The fourth-order valence-corrected chi connectivity index (χ4v) is 3.45. The van der Waals surface area contributed by atoms with E-state index in [1.54, 1.807) is 6.07 Å². The second-order valence-corrected chi connectivity index (χ2v) is 7.40. The third kappa shape index (κ3) is 4.02. The smallest absolute Gasteiger partial charge is 0.244 e. The highest BCUT2D eigenvalue weighted by molar-refractivity contribution is 7.89. The lowest BCUT2D eigenvalue weighted by Crippen LogP contribution is -2.45. The van der Waals surface area contributed by atoms with E-state index in [1.165, 1.54) is 25.5 Å². The zero-order valence-corrected chi connectivity index (χ0v) is 13.5. The van der Waals surface area contributed by atoms with Gasteiger partial charge in [0.1, 0.15) is 4.90 Å². The summed E-state index contributed by atoms with van der Waals surface area (Å²) in [5, 5.41) is 2.79. The van der Waals surface area contributed by atoms with Gasteiger partial charge in [0, 0.05) is 26.0 Å². The first-order chi connectivity index (χ1) is 10.4. The molecular weight excluding hydrogens is 306 g/mol. The Balaban J connectivity index is 1.93. The number of carbonyl (C=O) groups excluding carboxylic acids is 1. The Morgan fingerprint density at radius 1 is 1.59 bits per heavy atom. The van der Waals surface area contributed by atoms with Gasteiger partial charge >= 0.3 is 0 Å². The Labute approximate surface area is 130 Å². The number of rotatable bonds is 6. The first-order valence-corrected chi connectivity index (χ1v) is 8.62. The molecule has 0 saturated carbocycles. The van der Waals surface area contributed by atoms with E-state index in [4.69, 9.17) is 4.74 Å². The van der Waals surface area contributed by atoms with Gasteiger partial charge in [0.25, 0.3) is 0 Å². The zero-order valence-electron chi connectivity index (χ0n) is 12.7. The molecule has 0 bridgehead atoms. The minimum absolute atomic E-state index is 0.00388. The first kappa shape index (κ1) is 16.9. The highest BCUT2D eigenvalue weighted by Crippen LogP contribution is 2.16. The average molecular weight is 327 g/mol. The molecule has 2 atom stereocenters. The van der Waals surface area contributed by atoms with Crippen molar-refractivity contribution < 1.29 is 17.9 Å². The normalized spacial score (nSPS) is 20.0. The van der Waals surface area contributed by atoms with Crippen molar-refractivity contribution in [3.05, 3.63) is 24.5 Å². The van der Waals surface area contributed by atoms with Crippen molar-refractivity contribution in [2.45, 2.75) is 36.8 Å². The molecule has 1 aromatic rings. The molecule has 0 spiro atoms. The molecule has 1 aliphatic heterocycles. The molecular formula is C14H21N3O4S. The van der Waals surface area contributed by atoms with Crippen molar-refractivity contribution in [2.75, 3.05) is 20.2 Å². The number of sulfonamides is 1. The molecule has 1 N–H and O–H groups in total. The lowest BCUT2D eigenvalue weighted by molar-refractivity contribution is -0.122.